The normalized spacial score (nSPS) is 20.6. The number of fused-ring (bicyclic) bond motifs is 4. The average Bonchev–Trinajstić information content (AvgIpc) is 3.33. The Labute approximate surface area is 230 Å². The fourth-order valence-electron chi connectivity index (χ4n) is 5.51. The van der Waals surface area contributed by atoms with Gasteiger partial charge in [0, 0.05) is 64.4 Å². The van der Waals surface area contributed by atoms with Crippen LogP contribution in [-0.2, 0) is 10.7 Å². The van der Waals surface area contributed by atoms with Gasteiger partial charge in [0.2, 0.25) is 0 Å². The standard InChI is InChI=1S/C28H33F2N7O3/c1-28(29,30)18-7-8-22-19(14-18)27(39)36-12-4-3-6-21(36)20-15-24-32-23(35-10-5-11-35)16-26(37(24)33-20)34(2)13-9-31-25(38)17-40-22/h7-8,14-16,21H,3-6,9-13,17H2,1-2H3,(H,31,38). The van der Waals surface area contributed by atoms with E-state index < -0.39 is 11.8 Å². The van der Waals surface area contributed by atoms with Crippen LogP contribution in [0, 0.1) is 0 Å². The Balaban J connectivity index is 1.47. The number of halogens is 2. The Kier molecular flexibility index (Phi) is 6.71. The van der Waals surface area contributed by atoms with E-state index in [1.54, 1.807) is 9.42 Å². The number of piperidine rings is 1. The van der Waals surface area contributed by atoms with E-state index in [-0.39, 0.29) is 35.4 Å². The van der Waals surface area contributed by atoms with Gasteiger partial charge in [0.15, 0.2) is 12.3 Å². The Morgan fingerprint density at radius 2 is 1.88 bits per heavy atom. The van der Waals surface area contributed by atoms with Gasteiger partial charge in [-0.2, -0.15) is 9.61 Å². The van der Waals surface area contributed by atoms with E-state index >= 15 is 0 Å². The summed E-state index contributed by atoms with van der Waals surface area (Å²) in [5.41, 5.74) is 1.09. The highest BCUT2D eigenvalue weighted by molar-refractivity contribution is 5.97. The van der Waals surface area contributed by atoms with E-state index in [0.717, 1.165) is 50.9 Å². The van der Waals surface area contributed by atoms with Crippen LogP contribution < -0.4 is 19.9 Å². The predicted molar refractivity (Wildman–Crippen MR) is 145 cm³/mol. The van der Waals surface area contributed by atoms with E-state index in [2.05, 4.69) is 10.2 Å². The second kappa shape index (κ2) is 10.2. The van der Waals surface area contributed by atoms with Crippen molar-refractivity contribution in [2.45, 2.75) is 44.6 Å². The summed E-state index contributed by atoms with van der Waals surface area (Å²) >= 11 is 0. The molecule has 0 saturated carbocycles. The number of benzene rings is 1. The molecular weight excluding hydrogens is 520 g/mol. The van der Waals surface area contributed by atoms with Gasteiger partial charge < -0.3 is 24.8 Å². The van der Waals surface area contributed by atoms with Crippen molar-refractivity contribution in [2.75, 3.05) is 56.2 Å². The zero-order chi connectivity index (χ0) is 28.0. The molecule has 0 spiro atoms. The average molecular weight is 554 g/mol. The monoisotopic (exact) mass is 553 g/mol. The van der Waals surface area contributed by atoms with Crippen molar-refractivity contribution in [3.63, 3.8) is 0 Å². The molecule has 2 saturated heterocycles. The van der Waals surface area contributed by atoms with Crippen LogP contribution in [0.1, 0.15) is 60.3 Å². The second-order valence-electron chi connectivity index (χ2n) is 10.8. The third kappa shape index (κ3) is 4.90. The van der Waals surface area contributed by atoms with Gasteiger partial charge in [-0.15, -0.1) is 0 Å². The Bertz CT molecular complexity index is 1450. The molecule has 1 atom stereocenters. The number of anilines is 2. The zero-order valence-electron chi connectivity index (χ0n) is 22.7. The van der Waals surface area contributed by atoms with Crippen molar-refractivity contribution >= 4 is 29.1 Å². The van der Waals surface area contributed by atoms with Gasteiger partial charge in [0.1, 0.15) is 17.4 Å². The molecule has 2 amide bonds. The lowest BCUT2D eigenvalue weighted by atomic mass is 9.97. The largest absolute Gasteiger partial charge is 0.483 e. The summed E-state index contributed by atoms with van der Waals surface area (Å²) in [6.07, 6.45) is 3.48. The van der Waals surface area contributed by atoms with E-state index in [1.165, 1.54) is 18.2 Å². The van der Waals surface area contributed by atoms with Gasteiger partial charge in [-0.1, -0.05) is 0 Å². The van der Waals surface area contributed by atoms with E-state index in [4.69, 9.17) is 14.8 Å². The summed E-state index contributed by atoms with van der Waals surface area (Å²) in [5.74, 6) is -2.16. The predicted octanol–water partition coefficient (Wildman–Crippen LogP) is 3.36. The summed E-state index contributed by atoms with van der Waals surface area (Å²) in [7, 11) is 1.94. The molecule has 1 aromatic carbocycles. The number of aromatic nitrogens is 3. The van der Waals surface area contributed by atoms with Crippen molar-refractivity contribution in [3.05, 3.63) is 47.2 Å². The quantitative estimate of drug-likeness (QED) is 0.520. The molecule has 2 aromatic heterocycles. The molecule has 2 bridgehead atoms. The number of amides is 2. The Morgan fingerprint density at radius 1 is 1.05 bits per heavy atom. The van der Waals surface area contributed by atoms with Crippen molar-refractivity contribution < 1.29 is 23.1 Å². The number of ether oxygens (including phenoxy) is 1. The van der Waals surface area contributed by atoms with Gasteiger partial charge >= 0.3 is 0 Å². The van der Waals surface area contributed by atoms with E-state index in [1.807, 2.05) is 24.1 Å². The maximum Gasteiger partial charge on any atom is 0.270 e. The van der Waals surface area contributed by atoms with Gasteiger partial charge in [0.25, 0.3) is 17.7 Å². The lowest BCUT2D eigenvalue weighted by Crippen LogP contribution is -2.40. The first-order valence-corrected chi connectivity index (χ1v) is 13.8. The number of carbonyl (C=O) groups is 2. The number of nitrogens with zero attached hydrogens (tertiary/aromatic N) is 6. The van der Waals surface area contributed by atoms with E-state index in [9.17, 15) is 18.4 Å². The summed E-state index contributed by atoms with van der Waals surface area (Å²) in [5, 5.41) is 7.76. The van der Waals surface area contributed by atoms with Crippen LogP contribution in [0.4, 0.5) is 20.4 Å². The van der Waals surface area contributed by atoms with Crippen LogP contribution >= 0.6 is 0 Å². The minimum atomic E-state index is -3.15. The molecule has 0 aliphatic carbocycles. The molecule has 5 heterocycles. The van der Waals surface area contributed by atoms with Gasteiger partial charge in [-0.25, -0.2) is 13.8 Å². The number of carbonyl (C=O) groups excluding carboxylic acids is 2. The lowest BCUT2D eigenvalue weighted by Gasteiger charge is -2.35. The molecule has 40 heavy (non-hydrogen) atoms. The van der Waals surface area contributed by atoms with Crippen molar-refractivity contribution in [3.8, 4) is 5.75 Å². The first-order chi connectivity index (χ1) is 19.2. The molecule has 10 nitrogen and oxygen atoms in total. The zero-order valence-corrected chi connectivity index (χ0v) is 22.7. The van der Waals surface area contributed by atoms with Crippen LogP contribution in [0.25, 0.3) is 5.65 Å². The maximum absolute atomic E-state index is 14.3. The molecule has 3 aliphatic rings. The highest BCUT2D eigenvalue weighted by atomic mass is 19.3. The van der Waals surface area contributed by atoms with Crippen LogP contribution in [-0.4, -0.2) is 77.7 Å². The summed E-state index contributed by atoms with van der Waals surface area (Å²) < 4.78 is 36.1. The van der Waals surface area contributed by atoms with Gasteiger partial charge in [-0.05, 0) is 43.9 Å². The summed E-state index contributed by atoms with van der Waals surface area (Å²) in [6.45, 7) is 3.63. The number of hydrogen-bond acceptors (Lipinski definition) is 7. The van der Waals surface area contributed by atoms with Crippen molar-refractivity contribution in [2.24, 2.45) is 0 Å². The molecule has 1 N–H and O–H groups in total. The summed E-state index contributed by atoms with van der Waals surface area (Å²) in [6, 6.07) is 7.33. The molecule has 12 heteroatoms. The minimum absolute atomic E-state index is 0.00759. The highest BCUT2D eigenvalue weighted by Gasteiger charge is 2.34. The molecule has 3 aliphatic heterocycles. The number of likely N-dealkylation sites (N-methyl/N-ethyl adjacent to an activating group) is 1. The van der Waals surface area contributed by atoms with Crippen molar-refractivity contribution in [1.29, 1.82) is 0 Å². The fraction of sp³-hybridized carbons (Fsp3) is 0.500. The Hall–Kier alpha value is -3.96. The number of rotatable bonds is 2. The van der Waals surface area contributed by atoms with E-state index in [0.29, 0.717) is 37.4 Å². The third-order valence-corrected chi connectivity index (χ3v) is 7.94. The molecule has 1 unspecified atom stereocenters. The van der Waals surface area contributed by atoms with Gasteiger partial charge in [0.05, 0.1) is 17.3 Å². The smallest absolute Gasteiger partial charge is 0.270 e. The van der Waals surface area contributed by atoms with Crippen LogP contribution in [0.3, 0.4) is 0 Å². The third-order valence-electron chi connectivity index (χ3n) is 7.94. The van der Waals surface area contributed by atoms with Gasteiger partial charge in [-0.3, -0.25) is 9.59 Å². The molecule has 2 fully saturated rings. The molecule has 6 rings (SSSR count). The maximum atomic E-state index is 14.3. The van der Waals surface area contributed by atoms with Crippen LogP contribution in [0.15, 0.2) is 30.3 Å². The Morgan fingerprint density at radius 3 is 2.62 bits per heavy atom. The number of nitrogens with one attached hydrogen (secondary N) is 1. The minimum Gasteiger partial charge on any atom is -0.483 e. The topological polar surface area (TPSA) is 95.3 Å². The fourth-order valence-corrected chi connectivity index (χ4v) is 5.51. The van der Waals surface area contributed by atoms with Crippen molar-refractivity contribution in [1.82, 2.24) is 24.8 Å². The summed E-state index contributed by atoms with van der Waals surface area (Å²) in [4.78, 5) is 37.4. The first kappa shape index (κ1) is 26.3. The second-order valence-corrected chi connectivity index (χ2v) is 10.8. The molecule has 3 aromatic rings. The highest BCUT2D eigenvalue weighted by Crippen LogP contribution is 2.37. The SMILES string of the molecule is CN1CCNC(=O)COc2ccc(C(C)(F)F)cc2C(=O)N2CCCCC2c2cc3nc(N4CCC4)cc1n3n2. The first-order valence-electron chi connectivity index (χ1n) is 13.8. The molecule has 0 radical (unpaired) electrons. The molecular formula is C28H33F2N7O3. The van der Waals surface area contributed by atoms with Crippen LogP contribution in [0.5, 0.6) is 5.75 Å². The number of alkyl halides is 2. The lowest BCUT2D eigenvalue weighted by molar-refractivity contribution is -0.123. The molecule has 212 valence electrons. The van der Waals surface area contributed by atoms with Crippen LogP contribution in [0.2, 0.25) is 0 Å². The number of hydrogen-bond donors (Lipinski definition) is 1.